The second-order valence-electron chi connectivity index (χ2n) is 4.46. The zero-order valence-corrected chi connectivity index (χ0v) is 9.93. The topological polar surface area (TPSA) is 39.6 Å². The maximum atomic E-state index is 8.96. The SMILES string of the molecule is CC1CN(c2ccc(CO)cn2)CCN1C. The van der Waals surface area contributed by atoms with E-state index in [1.54, 1.807) is 6.20 Å². The first kappa shape index (κ1) is 11.4. The van der Waals surface area contributed by atoms with E-state index in [2.05, 4.69) is 28.8 Å². The summed E-state index contributed by atoms with van der Waals surface area (Å²) in [5.41, 5.74) is 0.867. The summed E-state index contributed by atoms with van der Waals surface area (Å²) in [6, 6.07) is 4.49. The minimum Gasteiger partial charge on any atom is -0.392 e. The van der Waals surface area contributed by atoms with Crippen LogP contribution in [0.25, 0.3) is 0 Å². The summed E-state index contributed by atoms with van der Waals surface area (Å²) in [7, 11) is 2.16. The summed E-state index contributed by atoms with van der Waals surface area (Å²) in [6.45, 7) is 5.40. The third-order valence-corrected chi connectivity index (χ3v) is 3.28. The van der Waals surface area contributed by atoms with Gasteiger partial charge < -0.3 is 14.9 Å². The Hall–Kier alpha value is -1.13. The predicted molar refractivity (Wildman–Crippen MR) is 64.5 cm³/mol. The summed E-state index contributed by atoms with van der Waals surface area (Å²) < 4.78 is 0. The van der Waals surface area contributed by atoms with Crippen LogP contribution in [-0.4, -0.2) is 47.7 Å². The Morgan fingerprint density at radius 3 is 2.81 bits per heavy atom. The highest BCUT2D eigenvalue weighted by atomic mass is 16.3. The Morgan fingerprint density at radius 1 is 1.44 bits per heavy atom. The number of piperazine rings is 1. The fourth-order valence-electron chi connectivity index (χ4n) is 1.95. The van der Waals surface area contributed by atoms with Crippen molar-refractivity contribution < 1.29 is 5.11 Å². The molecular weight excluding hydrogens is 202 g/mol. The molecule has 88 valence electrons. The maximum absolute atomic E-state index is 8.96. The van der Waals surface area contributed by atoms with Crippen LogP contribution in [0.15, 0.2) is 18.3 Å². The molecule has 1 unspecified atom stereocenters. The first-order chi connectivity index (χ1) is 7.70. The number of nitrogens with zero attached hydrogens (tertiary/aromatic N) is 3. The van der Waals surface area contributed by atoms with Crippen molar-refractivity contribution in [3.05, 3.63) is 23.9 Å². The van der Waals surface area contributed by atoms with Crippen molar-refractivity contribution >= 4 is 5.82 Å². The van der Waals surface area contributed by atoms with Gasteiger partial charge in [-0.3, -0.25) is 0 Å². The van der Waals surface area contributed by atoms with E-state index in [0.29, 0.717) is 6.04 Å². The van der Waals surface area contributed by atoms with Crippen molar-refractivity contribution in [3.8, 4) is 0 Å². The van der Waals surface area contributed by atoms with Gasteiger partial charge in [0.25, 0.3) is 0 Å². The molecule has 1 N–H and O–H groups in total. The van der Waals surface area contributed by atoms with Gasteiger partial charge in [0.05, 0.1) is 6.61 Å². The van der Waals surface area contributed by atoms with Crippen LogP contribution in [0, 0.1) is 0 Å². The lowest BCUT2D eigenvalue weighted by Gasteiger charge is -2.38. The fraction of sp³-hybridized carbons (Fsp3) is 0.583. The van der Waals surface area contributed by atoms with E-state index in [0.717, 1.165) is 31.0 Å². The van der Waals surface area contributed by atoms with Crippen LogP contribution in [0.1, 0.15) is 12.5 Å². The lowest BCUT2D eigenvalue weighted by molar-refractivity contribution is 0.233. The number of hydrogen-bond donors (Lipinski definition) is 1. The van der Waals surface area contributed by atoms with Gasteiger partial charge in [-0.1, -0.05) is 6.07 Å². The quantitative estimate of drug-likeness (QED) is 0.798. The van der Waals surface area contributed by atoms with Crippen LogP contribution < -0.4 is 4.90 Å². The third kappa shape index (κ3) is 2.33. The van der Waals surface area contributed by atoms with Crippen molar-refractivity contribution in [1.29, 1.82) is 0 Å². The number of aromatic nitrogens is 1. The van der Waals surface area contributed by atoms with E-state index < -0.39 is 0 Å². The second-order valence-corrected chi connectivity index (χ2v) is 4.46. The van der Waals surface area contributed by atoms with Crippen LogP contribution in [-0.2, 0) is 6.61 Å². The van der Waals surface area contributed by atoms with Gasteiger partial charge in [-0.25, -0.2) is 4.98 Å². The van der Waals surface area contributed by atoms with Crippen molar-refractivity contribution in [2.45, 2.75) is 19.6 Å². The molecule has 1 aromatic heterocycles. The van der Waals surface area contributed by atoms with Gasteiger partial charge in [-0.2, -0.15) is 0 Å². The molecule has 2 heterocycles. The molecule has 2 rings (SSSR count). The number of aliphatic hydroxyl groups is 1. The minimum absolute atomic E-state index is 0.0619. The molecule has 0 saturated carbocycles. The van der Waals surface area contributed by atoms with Crippen LogP contribution in [0.2, 0.25) is 0 Å². The highest BCUT2D eigenvalue weighted by molar-refractivity contribution is 5.40. The monoisotopic (exact) mass is 221 g/mol. The van der Waals surface area contributed by atoms with Crippen LogP contribution in [0.4, 0.5) is 5.82 Å². The Bertz CT molecular complexity index is 339. The van der Waals surface area contributed by atoms with Crippen molar-refractivity contribution in [1.82, 2.24) is 9.88 Å². The highest BCUT2D eigenvalue weighted by Gasteiger charge is 2.21. The van der Waals surface area contributed by atoms with Crippen molar-refractivity contribution in [2.75, 3.05) is 31.6 Å². The largest absolute Gasteiger partial charge is 0.392 e. The number of likely N-dealkylation sites (N-methyl/N-ethyl adjacent to an activating group) is 1. The Balaban J connectivity index is 2.06. The number of hydrogen-bond acceptors (Lipinski definition) is 4. The summed E-state index contributed by atoms with van der Waals surface area (Å²) in [5.74, 6) is 1.01. The number of pyridine rings is 1. The lowest BCUT2D eigenvalue weighted by atomic mass is 10.2. The van der Waals surface area contributed by atoms with E-state index in [4.69, 9.17) is 5.11 Å². The smallest absolute Gasteiger partial charge is 0.128 e. The fourth-order valence-corrected chi connectivity index (χ4v) is 1.95. The van der Waals surface area contributed by atoms with E-state index in [-0.39, 0.29) is 6.61 Å². The molecular formula is C12H19N3O. The lowest BCUT2D eigenvalue weighted by Crippen LogP contribution is -2.50. The molecule has 1 saturated heterocycles. The molecule has 0 radical (unpaired) electrons. The normalized spacial score (nSPS) is 22.4. The van der Waals surface area contributed by atoms with Gasteiger partial charge in [0, 0.05) is 31.9 Å². The molecule has 1 fully saturated rings. The van der Waals surface area contributed by atoms with Crippen molar-refractivity contribution in [2.24, 2.45) is 0 Å². The van der Waals surface area contributed by atoms with Gasteiger partial charge in [0.1, 0.15) is 5.82 Å². The molecule has 0 spiro atoms. The summed E-state index contributed by atoms with van der Waals surface area (Å²) in [4.78, 5) is 9.04. The molecule has 0 aromatic carbocycles. The zero-order chi connectivity index (χ0) is 11.5. The molecule has 1 aromatic rings. The second kappa shape index (κ2) is 4.80. The van der Waals surface area contributed by atoms with Crippen LogP contribution in [0.3, 0.4) is 0 Å². The Morgan fingerprint density at radius 2 is 2.25 bits per heavy atom. The maximum Gasteiger partial charge on any atom is 0.128 e. The van der Waals surface area contributed by atoms with Gasteiger partial charge >= 0.3 is 0 Å². The zero-order valence-electron chi connectivity index (χ0n) is 9.93. The molecule has 4 nitrogen and oxygen atoms in total. The first-order valence-electron chi connectivity index (χ1n) is 5.71. The molecule has 0 aliphatic carbocycles. The molecule has 4 heteroatoms. The van der Waals surface area contributed by atoms with Gasteiger partial charge in [-0.05, 0) is 25.6 Å². The van der Waals surface area contributed by atoms with E-state index in [9.17, 15) is 0 Å². The summed E-state index contributed by atoms with van der Waals surface area (Å²) in [5, 5.41) is 8.96. The summed E-state index contributed by atoms with van der Waals surface area (Å²) >= 11 is 0. The molecule has 1 atom stereocenters. The Labute approximate surface area is 96.5 Å². The summed E-state index contributed by atoms with van der Waals surface area (Å²) in [6.07, 6.45) is 1.75. The minimum atomic E-state index is 0.0619. The van der Waals surface area contributed by atoms with Gasteiger partial charge in [0.2, 0.25) is 0 Å². The number of anilines is 1. The average molecular weight is 221 g/mol. The van der Waals surface area contributed by atoms with E-state index >= 15 is 0 Å². The molecule has 16 heavy (non-hydrogen) atoms. The van der Waals surface area contributed by atoms with Gasteiger partial charge in [-0.15, -0.1) is 0 Å². The Kier molecular flexibility index (Phi) is 3.41. The van der Waals surface area contributed by atoms with E-state index in [1.165, 1.54) is 0 Å². The third-order valence-electron chi connectivity index (χ3n) is 3.28. The first-order valence-corrected chi connectivity index (χ1v) is 5.71. The van der Waals surface area contributed by atoms with Crippen molar-refractivity contribution in [3.63, 3.8) is 0 Å². The predicted octanol–water partition coefficient (Wildman–Crippen LogP) is 0.714. The molecule has 0 amide bonds. The standard InChI is InChI=1S/C12H19N3O/c1-10-8-15(6-5-14(10)2)12-4-3-11(9-16)7-13-12/h3-4,7,10,16H,5-6,8-9H2,1-2H3. The number of aliphatic hydroxyl groups excluding tert-OH is 1. The molecule has 0 bridgehead atoms. The average Bonchev–Trinajstić information content (AvgIpc) is 2.33. The molecule has 1 aliphatic rings. The van der Waals surface area contributed by atoms with Crippen LogP contribution >= 0.6 is 0 Å². The number of rotatable bonds is 2. The van der Waals surface area contributed by atoms with Gasteiger partial charge in [0.15, 0.2) is 0 Å². The van der Waals surface area contributed by atoms with E-state index in [1.807, 2.05) is 12.1 Å². The van der Waals surface area contributed by atoms with Crippen LogP contribution in [0.5, 0.6) is 0 Å². The molecule has 1 aliphatic heterocycles. The highest BCUT2D eigenvalue weighted by Crippen LogP contribution is 2.16.